The van der Waals surface area contributed by atoms with Gasteiger partial charge in [0, 0.05) is 52.5 Å². The van der Waals surface area contributed by atoms with Crippen molar-refractivity contribution in [3.8, 4) is 17.3 Å². The maximum Gasteiger partial charge on any atom is 0.248 e. The molecule has 1 saturated heterocycles. The van der Waals surface area contributed by atoms with Crippen LogP contribution in [0.4, 0.5) is 5.82 Å². The fourth-order valence-corrected chi connectivity index (χ4v) is 6.47. The molecule has 0 aromatic carbocycles. The number of sulfone groups is 1. The van der Waals surface area contributed by atoms with Gasteiger partial charge in [0.05, 0.1) is 29.3 Å². The smallest absolute Gasteiger partial charge is 0.248 e. The quantitative estimate of drug-likeness (QED) is 0.204. The monoisotopic (exact) mass is 606 g/mol. The van der Waals surface area contributed by atoms with Crippen molar-refractivity contribution in [2.24, 2.45) is 0 Å². The molecule has 16 heteroatoms. The minimum absolute atomic E-state index is 0.192. The lowest BCUT2D eigenvalue weighted by atomic mass is 10.1. The van der Waals surface area contributed by atoms with Gasteiger partial charge in [-0.15, -0.1) is 0 Å². The molecule has 1 atom stereocenters. The maximum absolute atomic E-state index is 12.2. The van der Waals surface area contributed by atoms with Crippen molar-refractivity contribution in [3.05, 3.63) is 24.2 Å². The first-order valence-electron chi connectivity index (χ1n) is 12.8. The minimum atomic E-state index is -3.72. The molecular weight excluding hydrogens is 573 g/mol. The first-order chi connectivity index (χ1) is 18.7. The third-order valence-electron chi connectivity index (χ3n) is 6.48. The molecule has 13 nitrogen and oxygen atoms in total. The highest BCUT2D eigenvalue weighted by Crippen LogP contribution is 2.29. The minimum Gasteiger partial charge on any atom is -0.365 e. The normalized spacial score (nSPS) is 17.1. The van der Waals surface area contributed by atoms with Gasteiger partial charge in [-0.2, -0.15) is 5.26 Å². The van der Waals surface area contributed by atoms with Gasteiger partial charge < -0.3 is 14.6 Å². The number of fused-ring (bicyclic) bond motifs is 1. The summed E-state index contributed by atoms with van der Waals surface area (Å²) in [4.78, 5) is 17.5. The molecular formula is C24H34N8O5S2Si. The number of nitriles is 1. The van der Waals surface area contributed by atoms with E-state index in [1.54, 1.807) is 10.8 Å². The standard InChI is InChI=1S/C24H34N8O5S2Si/c1-38(33,34)24-27-12-19(22(30-24)28-18-7-6-8-32(15-18)39(2,35)36)20-13-26-23-21(29-20)17(11-25)14-31(23)16-37-9-10-40(3,4)5/h12-14,18H,6-10,15-16H2,1-5H3,(H,27,28,30)/t18-/m0/s1. The van der Waals surface area contributed by atoms with E-state index in [-0.39, 0.29) is 30.3 Å². The molecule has 0 unspecified atom stereocenters. The van der Waals surface area contributed by atoms with Gasteiger partial charge in [0.2, 0.25) is 25.0 Å². The van der Waals surface area contributed by atoms with E-state index >= 15 is 0 Å². The number of rotatable bonds is 10. The van der Waals surface area contributed by atoms with Crippen molar-refractivity contribution < 1.29 is 21.6 Å². The Morgan fingerprint density at radius 2 is 1.90 bits per heavy atom. The Bertz CT molecular complexity index is 1660. The molecule has 1 fully saturated rings. The second-order valence-electron chi connectivity index (χ2n) is 11.2. The first-order valence-corrected chi connectivity index (χ1v) is 20.2. The molecule has 1 N–H and O–H groups in total. The van der Waals surface area contributed by atoms with Crippen LogP contribution in [0.1, 0.15) is 18.4 Å². The van der Waals surface area contributed by atoms with Crippen molar-refractivity contribution in [1.29, 1.82) is 5.26 Å². The van der Waals surface area contributed by atoms with Gasteiger partial charge in [0.25, 0.3) is 0 Å². The molecule has 1 aliphatic heterocycles. The summed E-state index contributed by atoms with van der Waals surface area (Å²) in [6, 6.07) is 2.85. The molecule has 0 radical (unpaired) electrons. The van der Waals surface area contributed by atoms with E-state index in [9.17, 15) is 22.1 Å². The van der Waals surface area contributed by atoms with Gasteiger partial charge in [-0.3, -0.25) is 0 Å². The molecule has 216 valence electrons. The summed E-state index contributed by atoms with van der Waals surface area (Å²) in [6.07, 6.45) is 7.97. The van der Waals surface area contributed by atoms with E-state index in [4.69, 9.17) is 4.74 Å². The Balaban J connectivity index is 1.69. The van der Waals surface area contributed by atoms with E-state index in [2.05, 4.69) is 51.0 Å². The zero-order valence-electron chi connectivity index (χ0n) is 23.2. The van der Waals surface area contributed by atoms with Crippen LogP contribution in [0.15, 0.2) is 23.7 Å². The molecule has 4 rings (SSSR count). The zero-order valence-corrected chi connectivity index (χ0v) is 25.9. The molecule has 0 saturated carbocycles. The summed E-state index contributed by atoms with van der Waals surface area (Å²) in [5.74, 6) is 0.192. The largest absolute Gasteiger partial charge is 0.365 e. The molecule has 1 aliphatic rings. The van der Waals surface area contributed by atoms with Crippen LogP contribution in [0, 0.1) is 11.3 Å². The van der Waals surface area contributed by atoms with Crippen LogP contribution in [0.5, 0.6) is 0 Å². The maximum atomic E-state index is 12.2. The third kappa shape index (κ3) is 7.20. The number of hydrogen-bond donors (Lipinski definition) is 1. The number of piperidine rings is 1. The van der Waals surface area contributed by atoms with Crippen molar-refractivity contribution in [2.45, 2.75) is 56.5 Å². The average Bonchev–Trinajstić information content (AvgIpc) is 3.22. The second-order valence-corrected chi connectivity index (χ2v) is 20.7. The van der Waals surface area contributed by atoms with Gasteiger partial charge in [0.1, 0.15) is 24.1 Å². The molecule has 0 amide bonds. The molecule has 3 aromatic heterocycles. The number of anilines is 1. The lowest BCUT2D eigenvalue weighted by molar-refractivity contribution is 0.0898. The number of hydrogen-bond acceptors (Lipinski definition) is 11. The summed E-state index contributed by atoms with van der Waals surface area (Å²) < 4.78 is 57.6. The molecule has 0 spiro atoms. The van der Waals surface area contributed by atoms with E-state index in [1.807, 2.05) is 0 Å². The van der Waals surface area contributed by atoms with Crippen LogP contribution < -0.4 is 5.32 Å². The van der Waals surface area contributed by atoms with Crippen molar-refractivity contribution >= 4 is 44.9 Å². The number of aromatic nitrogens is 5. The van der Waals surface area contributed by atoms with Gasteiger partial charge in [0.15, 0.2) is 5.65 Å². The Morgan fingerprint density at radius 3 is 2.55 bits per heavy atom. The highest BCUT2D eigenvalue weighted by molar-refractivity contribution is 7.90. The number of nitrogens with one attached hydrogen (secondary N) is 1. The van der Waals surface area contributed by atoms with Gasteiger partial charge >= 0.3 is 0 Å². The van der Waals surface area contributed by atoms with Gasteiger partial charge in [-0.1, -0.05) is 19.6 Å². The van der Waals surface area contributed by atoms with E-state index < -0.39 is 27.9 Å². The Morgan fingerprint density at radius 1 is 1.15 bits per heavy atom. The second kappa shape index (κ2) is 11.5. The van der Waals surface area contributed by atoms with Gasteiger partial charge in [-0.25, -0.2) is 41.1 Å². The van der Waals surface area contributed by atoms with Crippen LogP contribution >= 0.6 is 0 Å². The van der Waals surface area contributed by atoms with Crippen LogP contribution in [0.2, 0.25) is 25.7 Å². The predicted octanol–water partition coefficient (Wildman–Crippen LogP) is 2.31. The number of nitrogens with zero attached hydrogens (tertiary/aromatic N) is 7. The summed E-state index contributed by atoms with van der Waals surface area (Å²) in [6.45, 7) is 8.28. The molecule has 0 aliphatic carbocycles. The fraction of sp³-hybridized carbons (Fsp3) is 0.542. The van der Waals surface area contributed by atoms with Gasteiger partial charge in [-0.05, 0) is 18.9 Å². The van der Waals surface area contributed by atoms with Crippen LogP contribution in [0.25, 0.3) is 22.4 Å². The lowest BCUT2D eigenvalue weighted by Crippen LogP contribution is -2.44. The zero-order chi connectivity index (χ0) is 29.3. The molecule has 4 heterocycles. The summed E-state index contributed by atoms with van der Waals surface area (Å²) in [5.41, 5.74) is 1.87. The summed E-state index contributed by atoms with van der Waals surface area (Å²) in [7, 11) is -8.36. The fourth-order valence-electron chi connectivity index (χ4n) is 4.30. The average molecular weight is 607 g/mol. The predicted molar refractivity (Wildman–Crippen MR) is 154 cm³/mol. The summed E-state index contributed by atoms with van der Waals surface area (Å²) >= 11 is 0. The molecule has 0 bridgehead atoms. The summed E-state index contributed by atoms with van der Waals surface area (Å²) in [5, 5.41) is 12.6. The number of sulfonamides is 1. The van der Waals surface area contributed by atoms with Crippen LogP contribution in [0.3, 0.4) is 0 Å². The number of ether oxygens (including phenoxy) is 1. The highest BCUT2D eigenvalue weighted by atomic mass is 32.2. The third-order valence-corrected chi connectivity index (χ3v) is 10.3. The molecule has 3 aromatic rings. The Kier molecular flexibility index (Phi) is 8.62. The van der Waals surface area contributed by atoms with Crippen molar-refractivity contribution in [2.75, 3.05) is 37.5 Å². The van der Waals surface area contributed by atoms with Crippen molar-refractivity contribution in [1.82, 2.24) is 28.8 Å². The Hall–Kier alpha value is -2.97. The van der Waals surface area contributed by atoms with E-state index in [0.29, 0.717) is 54.0 Å². The van der Waals surface area contributed by atoms with E-state index in [0.717, 1.165) is 18.6 Å². The topological polar surface area (TPSA) is 173 Å². The SMILES string of the molecule is C[Si](C)(C)CCOCn1cc(C#N)c2nc(-c3cnc(S(C)(=O)=O)nc3N[C@H]3CCCN(S(C)(=O)=O)C3)cnc21. The van der Waals surface area contributed by atoms with E-state index in [1.165, 1.54) is 16.7 Å². The Labute approximate surface area is 235 Å². The van der Waals surface area contributed by atoms with Crippen LogP contribution in [-0.4, -0.2) is 92.0 Å². The molecule has 40 heavy (non-hydrogen) atoms. The lowest BCUT2D eigenvalue weighted by Gasteiger charge is -2.32. The highest BCUT2D eigenvalue weighted by Gasteiger charge is 2.28. The van der Waals surface area contributed by atoms with Crippen LogP contribution in [-0.2, 0) is 31.3 Å². The van der Waals surface area contributed by atoms with Crippen molar-refractivity contribution in [3.63, 3.8) is 0 Å². The first kappa shape index (κ1) is 30.0.